The van der Waals surface area contributed by atoms with Crippen LogP contribution in [0.5, 0.6) is 0 Å². The minimum Gasteiger partial charge on any atom is -0.479 e. The van der Waals surface area contributed by atoms with Crippen LogP contribution in [-0.4, -0.2) is 39.2 Å². The van der Waals surface area contributed by atoms with Crippen molar-refractivity contribution in [3.63, 3.8) is 0 Å². The Morgan fingerprint density at radius 2 is 2.04 bits per heavy atom. The lowest BCUT2D eigenvalue weighted by atomic mass is 10.1. The van der Waals surface area contributed by atoms with Gasteiger partial charge in [-0.3, -0.25) is 4.79 Å². The second kappa shape index (κ2) is 7.52. The normalized spacial score (nSPS) is 13.7. The van der Waals surface area contributed by atoms with Crippen molar-refractivity contribution in [3.05, 3.63) is 29.3 Å². The number of aliphatic hydroxyl groups is 1. The summed E-state index contributed by atoms with van der Waals surface area (Å²) in [5.41, 5.74) is -0.933. The number of unbranched alkanes of at least 4 members (excludes halogenated alkanes) is 1. The summed E-state index contributed by atoms with van der Waals surface area (Å²) in [6.07, 6.45) is 2.65. The third-order valence-corrected chi connectivity index (χ3v) is 4.57. The first kappa shape index (κ1) is 17.4. The number of aryl methyl sites for hydroxylation is 1. The standard InChI is InChI=1S/C16H20N2O4S/c1-16(22,15(20)21)10-17-13(19)8-4-5-9-14-18-11-6-2-3-7-12(11)23-14/h2-3,6-7,22H,4-5,8-10H2,1H3,(H,17,19)(H,20,21). The molecule has 0 aliphatic heterocycles. The highest BCUT2D eigenvalue weighted by Crippen LogP contribution is 2.22. The van der Waals surface area contributed by atoms with Crippen LogP contribution >= 0.6 is 11.3 Å². The van der Waals surface area contributed by atoms with Gasteiger partial charge < -0.3 is 15.5 Å². The van der Waals surface area contributed by atoms with Crippen molar-refractivity contribution in [2.24, 2.45) is 0 Å². The second-order valence-electron chi connectivity index (χ2n) is 5.64. The minimum absolute atomic E-state index is 0.254. The zero-order valence-corrected chi connectivity index (χ0v) is 13.7. The van der Waals surface area contributed by atoms with Crippen molar-refractivity contribution in [2.45, 2.75) is 38.2 Å². The van der Waals surface area contributed by atoms with Crippen LogP contribution in [0, 0.1) is 0 Å². The summed E-state index contributed by atoms with van der Waals surface area (Å²) >= 11 is 1.66. The molecule has 0 aliphatic carbocycles. The number of carbonyl (C=O) groups is 2. The van der Waals surface area contributed by atoms with Gasteiger partial charge in [0.15, 0.2) is 5.60 Å². The molecule has 1 amide bonds. The van der Waals surface area contributed by atoms with Gasteiger partial charge in [-0.2, -0.15) is 0 Å². The van der Waals surface area contributed by atoms with Gasteiger partial charge in [0, 0.05) is 6.42 Å². The summed E-state index contributed by atoms with van der Waals surface area (Å²) in [6.45, 7) is 0.863. The van der Waals surface area contributed by atoms with Crippen molar-refractivity contribution in [1.82, 2.24) is 10.3 Å². The number of para-hydroxylation sites is 1. The molecule has 0 saturated carbocycles. The lowest BCUT2D eigenvalue weighted by Crippen LogP contribution is -2.46. The molecular formula is C16H20N2O4S. The highest BCUT2D eigenvalue weighted by atomic mass is 32.1. The Morgan fingerprint density at radius 1 is 1.30 bits per heavy atom. The number of nitrogens with zero attached hydrogens (tertiary/aromatic N) is 1. The highest BCUT2D eigenvalue weighted by Gasteiger charge is 2.30. The Kier molecular flexibility index (Phi) is 5.68. The number of carboxylic acid groups (broad SMARTS) is 1. The van der Waals surface area contributed by atoms with Crippen LogP contribution in [0.3, 0.4) is 0 Å². The van der Waals surface area contributed by atoms with Crippen molar-refractivity contribution in [2.75, 3.05) is 6.54 Å². The van der Waals surface area contributed by atoms with Gasteiger partial charge in [0.25, 0.3) is 0 Å². The number of aromatic nitrogens is 1. The number of rotatable bonds is 8. The molecule has 1 aromatic heterocycles. The lowest BCUT2D eigenvalue weighted by molar-refractivity contribution is -0.156. The third-order valence-electron chi connectivity index (χ3n) is 3.47. The Balaban J connectivity index is 1.69. The lowest BCUT2D eigenvalue weighted by Gasteiger charge is -2.18. The monoisotopic (exact) mass is 336 g/mol. The molecule has 1 aromatic carbocycles. The van der Waals surface area contributed by atoms with Gasteiger partial charge >= 0.3 is 5.97 Å². The number of carbonyl (C=O) groups excluding carboxylic acids is 1. The molecule has 0 saturated heterocycles. The van der Waals surface area contributed by atoms with E-state index in [1.165, 1.54) is 0 Å². The van der Waals surface area contributed by atoms with Gasteiger partial charge in [-0.25, -0.2) is 9.78 Å². The fourth-order valence-corrected chi connectivity index (χ4v) is 3.03. The number of hydrogen-bond donors (Lipinski definition) is 3. The number of hydrogen-bond acceptors (Lipinski definition) is 5. The molecule has 0 radical (unpaired) electrons. The van der Waals surface area contributed by atoms with E-state index in [0.29, 0.717) is 12.8 Å². The van der Waals surface area contributed by atoms with Crippen LogP contribution < -0.4 is 5.32 Å². The number of benzene rings is 1. The van der Waals surface area contributed by atoms with E-state index < -0.39 is 11.6 Å². The molecule has 0 spiro atoms. The van der Waals surface area contributed by atoms with Crippen LogP contribution in [0.25, 0.3) is 10.2 Å². The van der Waals surface area contributed by atoms with Crippen molar-refractivity contribution in [3.8, 4) is 0 Å². The average Bonchev–Trinajstić information content (AvgIpc) is 2.92. The van der Waals surface area contributed by atoms with E-state index in [1.54, 1.807) is 11.3 Å². The predicted molar refractivity (Wildman–Crippen MR) is 88.4 cm³/mol. The molecule has 1 heterocycles. The minimum atomic E-state index is -1.93. The van der Waals surface area contributed by atoms with Crippen LogP contribution in [-0.2, 0) is 16.0 Å². The van der Waals surface area contributed by atoms with Crippen molar-refractivity contribution in [1.29, 1.82) is 0 Å². The molecule has 0 bridgehead atoms. The van der Waals surface area contributed by atoms with E-state index in [-0.39, 0.29) is 12.5 Å². The fraction of sp³-hybridized carbons (Fsp3) is 0.438. The SMILES string of the molecule is CC(O)(CNC(=O)CCCCc1nc2ccccc2s1)C(=O)O. The average molecular weight is 336 g/mol. The largest absolute Gasteiger partial charge is 0.479 e. The van der Waals surface area contributed by atoms with Gasteiger partial charge in [-0.05, 0) is 38.3 Å². The molecule has 0 aliphatic rings. The highest BCUT2D eigenvalue weighted by molar-refractivity contribution is 7.18. The molecule has 1 atom stereocenters. The smallest absolute Gasteiger partial charge is 0.337 e. The summed E-state index contributed by atoms with van der Waals surface area (Å²) in [4.78, 5) is 26.9. The first-order valence-electron chi connectivity index (χ1n) is 7.45. The molecule has 2 rings (SSSR count). The van der Waals surface area contributed by atoms with Gasteiger partial charge in [-0.1, -0.05) is 12.1 Å². The van der Waals surface area contributed by atoms with E-state index in [0.717, 1.165) is 35.0 Å². The Bertz CT molecular complexity index is 663. The van der Waals surface area contributed by atoms with Gasteiger partial charge in [0.05, 0.1) is 21.8 Å². The van der Waals surface area contributed by atoms with Crippen molar-refractivity contribution < 1.29 is 19.8 Å². The van der Waals surface area contributed by atoms with E-state index in [4.69, 9.17) is 5.11 Å². The van der Waals surface area contributed by atoms with E-state index >= 15 is 0 Å². The van der Waals surface area contributed by atoms with Gasteiger partial charge in [0.1, 0.15) is 0 Å². The molecule has 7 heteroatoms. The molecule has 23 heavy (non-hydrogen) atoms. The Morgan fingerprint density at radius 3 is 2.74 bits per heavy atom. The van der Waals surface area contributed by atoms with E-state index in [9.17, 15) is 14.7 Å². The fourth-order valence-electron chi connectivity index (χ4n) is 2.02. The molecule has 124 valence electrons. The number of carboxylic acids is 1. The Labute approximate surface area is 138 Å². The predicted octanol–water partition coefficient (Wildman–Crippen LogP) is 1.96. The van der Waals surface area contributed by atoms with Crippen LogP contribution in [0.4, 0.5) is 0 Å². The molecule has 0 fully saturated rings. The first-order valence-corrected chi connectivity index (χ1v) is 8.27. The maximum absolute atomic E-state index is 11.6. The summed E-state index contributed by atoms with van der Waals surface area (Å²) in [7, 11) is 0. The Hall–Kier alpha value is -1.99. The zero-order chi connectivity index (χ0) is 16.9. The van der Waals surface area contributed by atoms with Crippen LogP contribution in [0.1, 0.15) is 31.2 Å². The van der Waals surface area contributed by atoms with Crippen LogP contribution in [0.2, 0.25) is 0 Å². The summed E-state index contributed by atoms with van der Waals surface area (Å²) in [5.74, 6) is -1.61. The van der Waals surface area contributed by atoms with Crippen molar-refractivity contribution >= 4 is 33.4 Å². The molecule has 6 nitrogen and oxygen atoms in total. The summed E-state index contributed by atoms with van der Waals surface area (Å²) in [5, 5.41) is 21.8. The van der Waals surface area contributed by atoms with Gasteiger partial charge in [-0.15, -0.1) is 11.3 Å². The number of fused-ring (bicyclic) bond motifs is 1. The quantitative estimate of drug-likeness (QED) is 0.640. The molecule has 3 N–H and O–H groups in total. The number of amides is 1. The number of nitrogens with one attached hydrogen (secondary N) is 1. The second-order valence-corrected chi connectivity index (χ2v) is 6.75. The molecular weight excluding hydrogens is 316 g/mol. The first-order chi connectivity index (χ1) is 10.9. The number of aliphatic carboxylic acids is 1. The maximum atomic E-state index is 11.6. The maximum Gasteiger partial charge on any atom is 0.337 e. The summed E-state index contributed by atoms with van der Waals surface area (Å²) < 4.78 is 1.16. The van der Waals surface area contributed by atoms with Gasteiger partial charge in [0.2, 0.25) is 5.91 Å². The third kappa shape index (κ3) is 5.01. The van der Waals surface area contributed by atoms with E-state index in [2.05, 4.69) is 10.3 Å². The number of thiazole rings is 1. The molecule has 1 unspecified atom stereocenters. The summed E-state index contributed by atoms with van der Waals surface area (Å²) in [6, 6.07) is 7.97. The zero-order valence-electron chi connectivity index (χ0n) is 12.9. The van der Waals surface area contributed by atoms with Crippen LogP contribution in [0.15, 0.2) is 24.3 Å². The molecule has 2 aromatic rings. The topological polar surface area (TPSA) is 99.5 Å². The van der Waals surface area contributed by atoms with E-state index in [1.807, 2.05) is 24.3 Å².